The van der Waals surface area contributed by atoms with E-state index in [1.54, 1.807) is 0 Å². The van der Waals surface area contributed by atoms with Crippen molar-refractivity contribution in [2.45, 2.75) is 12.7 Å². The van der Waals surface area contributed by atoms with Gasteiger partial charge in [-0.1, -0.05) is 22.9 Å². The maximum Gasteiger partial charge on any atom is 0.135 e. The quantitative estimate of drug-likeness (QED) is 0.818. The van der Waals surface area contributed by atoms with Gasteiger partial charge in [-0.25, -0.2) is 0 Å². The SMILES string of the molecule is CCSCc1cc2ccc(Br)cc2o1. The highest BCUT2D eigenvalue weighted by atomic mass is 79.9. The van der Waals surface area contributed by atoms with Gasteiger partial charge in [0.05, 0.1) is 5.75 Å². The molecule has 0 fully saturated rings. The van der Waals surface area contributed by atoms with Crippen LogP contribution in [0.25, 0.3) is 11.0 Å². The molecule has 14 heavy (non-hydrogen) atoms. The van der Waals surface area contributed by atoms with Crippen molar-refractivity contribution >= 4 is 38.7 Å². The Hall–Kier alpha value is -0.410. The summed E-state index contributed by atoms with van der Waals surface area (Å²) in [4.78, 5) is 0. The highest BCUT2D eigenvalue weighted by Crippen LogP contribution is 2.25. The first kappa shape index (κ1) is 10.1. The second-order valence-corrected chi connectivity index (χ2v) is 5.22. The molecule has 0 N–H and O–H groups in total. The van der Waals surface area contributed by atoms with E-state index in [9.17, 15) is 0 Å². The van der Waals surface area contributed by atoms with Crippen LogP contribution in [0.15, 0.2) is 33.2 Å². The Morgan fingerprint density at radius 3 is 3.00 bits per heavy atom. The first-order chi connectivity index (χ1) is 6.79. The predicted octanol–water partition coefficient (Wildman–Crippen LogP) is 4.45. The summed E-state index contributed by atoms with van der Waals surface area (Å²) in [5.74, 6) is 3.15. The van der Waals surface area contributed by atoms with Crippen LogP contribution in [0.2, 0.25) is 0 Å². The molecule has 2 aromatic rings. The molecule has 0 spiro atoms. The molecule has 0 amide bonds. The van der Waals surface area contributed by atoms with Gasteiger partial charge in [-0.05, 0) is 30.0 Å². The molecule has 0 atom stereocenters. The fourth-order valence-electron chi connectivity index (χ4n) is 1.33. The summed E-state index contributed by atoms with van der Waals surface area (Å²) in [7, 11) is 0. The molecule has 2 rings (SSSR count). The first-order valence-corrected chi connectivity index (χ1v) is 6.50. The van der Waals surface area contributed by atoms with E-state index < -0.39 is 0 Å². The van der Waals surface area contributed by atoms with Crippen molar-refractivity contribution in [3.63, 3.8) is 0 Å². The van der Waals surface area contributed by atoms with Gasteiger partial charge in [-0.15, -0.1) is 0 Å². The Balaban J connectivity index is 2.32. The lowest BCUT2D eigenvalue weighted by Crippen LogP contribution is -1.73. The van der Waals surface area contributed by atoms with Crippen molar-refractivity contribution in [2.24, 2.45) is 0 Å². The number of benzene rings is 1. The lowest BCUT2D eigenvalue weighted by molar-refractivity contribution is 0.574. The molecule has 0 aliphatic carbocycles. The molecule has 1 heterocycles. The number of thioether (sulfide) groups is 1. The van der Waals surface area contributed by atoms with Crippen LogP contribution in [0.4, 0.5) is 0 Å². The molecule has 0 saturated heterocycles. The molecule has 1 aromatic heterocycles. The minimum absolute atomic E-state index is 0.961. The van der Waals surface area contributed by atoms with Crippen LogP contribution in [0.3, 0.4) is 0 Å². The van der Waals surface area contributed by atoms with E-state index in [0.717, 1.165) is 27.3 Å². The van der Waals surface area contributed by atoms with Crippen molar-refractivity contribution < 1.29 is 4.42 Å². The summed E-state index contributed by atoms with van der Waals surface area (Å²) in [6.07, 6.45) is 0. The molecule has 0 saturated carbocycles. The van der Waals surface area contributed by atoms with E-state index in [1.807, 2.05) is 23.9 Å². The average Bonchev–Trinajstić information content (AvgIpc) is 2.56. The molecule has 0 radical (unpaired) electrons. The lowest BCUT2D eigenvalue weighted by atomic mass is 10.2. The molecule has 0 unspecified atom stereocenters. The Morgan fingerprint density at radius 2 is 2.21 bits per heavy atom. The topological polar surface area (TPSA) is 13.1 Å². The zero-order valence-corrected chi connectivity index (χ0v) is 10.3. The minimum Gasteiger partial charge on any atom is -0.460 e. The second kappa shape index (κ2) is 4.41. The minimum atomic E-state index is 0.961. The third-order valence-corrected chi connectivity index (χ3v) is 3.37. The summed E-state index contributed by atoms with van der Waals surface area (Å²) >= 11 is 5.30. The number of rotatable bonds is 3. The third-order valence-electron chi connectivity index (χ3n) is 1.98. The molecule has 1 nitrogen and oxygen atoms in total. The van der Waals surface area contributed by atoms with Crippen LogP contribution < -0.4 is 0 Å². The first-order valence-electron chi connectivity index (χ1n) is 4.55. The molecular weight excluding hydrogens is 260 g/mol. The van der Waals surface area contributed by atoms with Gasteiger partial charge in [0.1, 0.15) is 11.3 Å². The van der Waals surface area contributed by atoms with E-state index >= 15 is 0 Å². The summed E-state index contributed by atoms with van der Waals surface area (Å²) in [6.45, 7) is 2.16. The molecule has 74 valence electrons. The van der Waals surface area contributed by atoms with E-state index in [0.29, 0.717) is 0 Å². The van der Waals surface area contributed by atoms with Crippen LogP contribution in [0.1, 0.15) is 12.7 Å². The molecule has 0 bridgehead atoms. The Bertz CT molecular complexity index is 436. The fraction of sp³-hybridized carbons (Fsp3) is 0.273. The Kier molecular flexibility index (Phi) is 3.19. The van der Waals surface area contributed by atoms with Gasteiger partial charge < -0.3 is 4.42 Å². The van der Waals surface area contributed by atoms with Crippen LogP contribution >= 0.6 is 27.7 Å². The van der Waals surface area contributed by atoms with Crippen LogP contribution in [0, 0.1) is 0 Å². The predicted molar refractivity (Wildman–Crippen MR) is 65.8 cm³/mol. The molecule has 1 aromatic carbocycles. The van der Waals surface area contributed by atoms with Crippen LogP contribution in [-0.4, -0.2) is 5.75 Å². The van der Waals surface area contributed by atoms with Gasteiger partial charge in [0.25, 0.3) is 0 Å². The lowest BCUT2D eigenvalue weighted by Gasteiger charge is -1.91. The Morgan fingerprint density at radius 1 is 1.36 bits per heavy atom. The number of halogens is 1. The van der Waals surface area contributed by atoms with Crippen LogP contribution in [-0.2, 0) is 5.75 Å². The third kappa shape index (κ3) is 2.15. The monoisotopic (exact) mass is 270 g/mol. The van der Waals surface area contributed by atoms with Crippen molar-refractivity contribution in [2.75, 3.05) is 5.75 Å². The molecule has 3 heteroatoms. The molecule has 0 aliphatic rings. The zero-order chi connectivity index (χ0) is 9.97. The van der Waals surface area contributed by atoms with Gasteiger partial charge in [-0.3, -0.25) is 0 Å². The molecule has 0 aliphatic heterocycles. The standard InChI is InChI=1S/C11H11BrOS/c1-2-14-7-10-5-8-3-4-9(12)6-11(8)13-10/h3-6H,2,7H2,1H3. The van der Waals surface area contributed by atoms with E-state index in [-0.39, 0.29) is 0 Å². The highest BCUT2D eigenvalue weighted by molar-refractivity contribution is 9.10. The second-order valence-electron chi connectivity index (χ2n) is 3.03. The number of furan rings is 1. The van der Waals surface area contributed by atoms with E-state index in [4.69, 9.17) is 4.42 Å². The maximum atomic E-state index is 5.70. The van der Waals surface area contributed by atoms with Crippen molar-refractivity contribution in [1.29, 1.82) is 0 Å². The van der Waals surface area contributed by atoms with Gasteiger partial charge in [0.15, 0.2) is 0 Å². The highest BCUT2D eigenvalue weighted by Gasteiger charge is 2.03. The number of fused-ring (bicyclic) bond motifs is 1. The van der Waals surface area contributed by atoms with Crippen molar-refractivity contribution in [3.8, 4) is 0 Å². The number of hydrogen-bond donors (Lipinski definition) is 0. The number of hydrogen-bond acceptors (Lipinski definition) is 2. The Labute approximate surface area is 96.0 Å². The molecular formula is C11H11BrOS. The van der Waals surface area contributed by atoms with Crippen LogP contribution in [0.5, 0.6) is 0 Å². The van der Waals surface area contributed by atoms with Gasteiger partial charge in [0, 0.05) is 9.86 Å². The van der Waals surface area contributed by atoms with Gasteiger partial charge >= 0.3 is 0 Å². The largest absolute Gasteiger partial charge is 0.460 e. The van der Waals surface area contributed by atoms with Gasteiger partial charge in [-0.2, -0.15) is 11.8 Å². The summed E-state index contributed by atoms with van der Waals surface area (Å²) in [5.41, 5.74) is 0.964. The normalized spacial score (nSPS) is 11.0. The average molecular weight is 271 g/mol. The van der Waals surface area contributed by atoms with E-state index in [2.05, 4.69) is 35.0 Å². The van der Waals surface area contributed by atoms with Gasteiger partial charge in [0.2, 0.25) is 0 Å². The maximum absolute atomic E-state index is 5.70. The summed E-state index contributed by atoms with van der Waals surface area (Å²) in [6, 6.07) is 8.23. The summed E-state index contributed by atoms with van der Waals surface area (Å²) in [5, 5.41) is 1.18. The zero-order valence-electron chi connectivity index (χ0n) is 7.92. The smallest absolute Gasteiger partial charge is 0.135 e. The van der Waals surface area contributed by atoms with E-state index in [1.165, 1.54) is 5.39 Å². The fourth-order valence-corrected chi connectivity index (χ4v) is 2.22. The van der Waals surface area contributed by atoms with Crippen molar-refractivity contribution in [3.05, 3.63) is 34.5 Å². The van der Waals surface area contributed by atoms with Crippen molar-refractivity contribution in [1.82, 2.24) is 0 Å². The summed E-state index contributed by atoms with van der Waals surface area (Å²) < 4.78 is 6.76.